The van der Waals surface area contributed by atoms with E-state index in [0.717, 1.165) is 12.3 Å². The predicted molar refractivity (Wildman–Crippen MR) is 75.2 cm³/mol. The van der Waals surface area contributed by atoms with Crippen molar-refractivity contribution in [3.63, 3.8) is 0 Å². The molecule has 1 aromatic rings. The minimum Gasteiger partial charge on any atom is -0.486 e. The second kappa shape index (κ2) is 5.63. The van der Waals surface area contributed by atoms with Crippen LogP contribution in [0, 0.1) is 0 Å². The first-order valence-electron chi connectivity index (χ1n) is 5.75. The average Bonchev–Trinajstić information content (AvgIpc) is 2.70. The fourth-order valence-electron chi connectivity index (χ4n) is 1.83. The van der Waals surface area contributed by atoms with Crippen molar-refractivity contribution in [1.29, 1.82) is 0 Å². The summed E-state index contributed by atoms with van der Waals surface area (Å²) in [5.41, 5.74) is 0. The summed E-state index contributed by atoms with van der Waals surface area (Å²) in [7, 11) is 0. The third-order valence-corrected chi connectivity index (χ3v) is 3.26. The van der Waals surface area contributed by atoms with Gasteiger partial charge >= 0.3 is 0 Å². The van der Waals surface area contributed by atoms with Gasteiger partial charge in [-0.2, -0.15) is 5.11 Å². The van der Waals surface area contributed by atoms with Gasteiger partial charge < -0.3 is 9.64 Å². The van der Waals surface area contributed by atoms with E-state index >= 15 is 0 Å². The Morgan fingerprint density at radius 2 is 2.33 bits per heavy atom. The van der Waals surface area contributed by atoms with Crippen molar-refractivity contribution < 1.29 is 4.74 Å². The van der Waals surface area contributed by atoms with Gasteiger partial charge in [0.15, 0.2) is 6.17 Å². The minimum atomic E-state index is -0.165. The van der Waals surface area contributed by atoms with Crippen molar-refractivity contribution in [2.45, 2.75) is 26.1 Å². The number of azo groups is 1. The monoisotopic (exact) mass is 283 g/mol. The Morgan fingerprint density at radius 3 is 3.00 bits per heavy atom. The third kappa shape index (κ3) is 2.79. The maximum atomic E-state index is 5.91. The van der Waals surface area contributed by atoms with Crippen LogP contribution in [0.4, 0.5) is 0 Å². The SMILES string of the molecule is CCN1C(=S)N=NC1C(C)Oc1cccc(Cl)c1. The molecule has 96 valence electrons. The van der Waals surface area contributed by atoms with Crippen molar-refractivity contribution in [2.75, 3.05) is 6.54 Å². The minimum absolute atomic E-state index is 0.146. The van der Waals surface area contributed by atoms with E-state index in [-0.39, 0.29) is 12.3 Å². The summed E-state index contributed by atoms with van der Waals surface area (Å²) in [5.74, 6) is 0.721. The normalized spacial score (nSPS) is 20.3. The van der Waals surface area contributed by atoms with E-state index in [4.69, 9.17) is 28.6 Å². The van der Waals surface area contributed by atoms with E-state index in [9.17, 15) is 0 Å². The summed E-state index contributed by atoms with van der Waals surface area (Å²) in [5, 5.41) is 9.23. The van der Waals surface area contributed by atoms with Gasteiger partial charge in [0.1, 0.15) is 11.9 Å². The molecule has 0 saturated heterocycles. The van der Waals surface area contributed by atoms with Gasteiger partial charge in [0.25, 0.3) is 0 Å². The van der Waals surface area contributed by atoms with Crippen LogP contribution in [0.1, 0.15) is 13.8 Å². The summed E-state index contributed by atoms with van der Waals surface area (Å²) >= 11 is 11.0. The van der Waals surface area contributed by atoms with Crippen LogP contribution in [-0.2, 0) is 0 Å². The first kappa shape index (κ1) is 13.2. The molecule has 0 fully saturated rings. The fraction of sp³-hybridized carbons (Fsp3) is 0.417. The first-order chi connectivity index (χ1) is 8.61. The van der Waals surface area contributed by atoms with Gasteiger partial charge in [-0.15, -0.1) is 5.11 Å². The van der Waals surface area contributed by atoms with Crippen LogP contribution in [-0.4, -0.2) is 28.8 Å². The van der Waals surface area contributed by atoms with E-state index in [2.05, 4.69) is 10.2 Å². The van der Waals surface area contributed by atoms with Crippen LogP contribution < -0.4 is 4.74 Å². The smallest absolute Gasteiger partial charge is 0.217 e. The maximum Gasteiger partial charge on any atom is 0.217 e. The quantitative estimate of drug-likeness (QED) is 0.794. The van der Waals surface area contributed by atoms with Crippen molar-refractivity contribution in [1.82, 2.24) is 4.90 Å². The van der Waals surface area contributed by atoms with E-state index in [1.54, 1.807) is 6.07 Å². The highest BCUT2D eigenvalue weighted by molar-refractivity contribution is 7.80. The molecule has 0 aliphatic carbocycles. The standard InChI is InChI=1S/C12H14ClN3OS/c1-3-16-11(14-15-12(16)18)8(2)17-10-6-4-5-9(13)7-10/h4-8,11H,3H2,1-2H3. The lowest BCUT2D eigenvalue weighted by molar-refractivity contribution is 0.133. The second-order valence-corrected chi connectivity index (χ2v) is 4.78. The largest absolute Gasteiger partial charge is 0.486 e. The number of likely N-dealkylation sites (N-methyl/N-ethyl adjacent to an activating group) is 1. The lowest BCUT2D eigenvalue weighted by Crippen LogP contribution is -2.42. The van der Waals surface area contributed by atoms with Gasteiger partial charge in [0.2, 0.25) is 5.11 Å². The molecule has 0 spiro atoms. The first-order valence-corrected chi connectivity index (χ1v) is 6.54. The zero-order valence-electron chi connectivity index (χ0n) is 10.2. The molecule has 0 aromatic heterocycles. The van der Waals surface area contributed by atoms with Gasteiger partial charge in [-0.25, -0.2) is 0 Å². The number of nitrogens with zero attached hydrogens (tertiary/aromatic N) is 3. The maximum absolute atomic E-state index is 5.91. The summed E-state index contributed by atoms with van der Waals surface area (Å²) < 4.78 is 5.82. The Hall–Kier alpha value is -1.20. The predicted octanol–water partition coefficient (Wildman–Crippen LogP) is 3.51. The summed E-state index contributed by atoms with van der Waals surface area (Å²) in [6.07, 6.45) is -0.311. The number of hydrogen-bond donors (Lipinski definition) is 0. The number of ether oxygens (including phenoxy) is 1. The molecule has 2 rings (SSSR count). The van der Waals surface area contributed by atoms with Gasteiger partial charge in [-0.05, 0) is 44.3 Å². The molecule has 1 aromatic carbocycles. The van der Waals surface area contributed by atoms with Crippen molar-refractivity contribution in [2.24, 2.45) is 10.2 Å². The second-order valence-electron chi connectivity index (χ2n) is 3.98. The number of rotatable bonds is 4. The van der Waals surface area contributed by atoms with E-state index in [1.807, 2.05) is 36.9 Å². The van der Waals surface area contributed by atoms with Crippen LogP contribution in [0.15, 0.2) is 34.5 Å². The zero-order valence-corrected chi connectivity index (χ0v) is 11.8. The molecule has 0 radical (unpaired) electrons. The summed E-state index contributed by atoms with van der Waals surface area (Å²) in [6.45, 7) is 4.72. The topological polar surface area (TPSA) is 37.2 Å². The summed E-state index contributed by atoms with van der Waals surface area (Å²) in [4.78, 5) is 1.94. The number of thiocarbonyl (C=S) groups is 1. The lowest BCUT2D eigenvalue weighted by atomic mass is 10.3. The lowest BCUT2D eigenvalue weighted by Gasteiger charge is -2.26. The summed E-state index contributed by atoms with van der Waals surface area (Å²) in [6, 6.07) is 7.30. The number of benzene rings is 1. The van der Waals surface area contributed by atoms with Crippen LogP contribution >= 0.6 is 23.8 Å². The van der Waals surface area contributed by atoms with E-state index < -0.39 is 0 Å². The molecule has 0 bridgehead atoms. The van der Waals surface area contributed by atoms with E-state index in [1.165, 1.54) is 0 Å². The van der Waals surface area contributed by atoms with Gasteiger partial charge in [-0.1, -0.05) is 17.7 Å². The molecular formula is C12H14ClN3OS. The fourth-order valence-corrected chi connectivity index (χ4v) is 2.29. The Kier molecular flexibility index (Phi) is 4.14. The van der Waals surface area contributed by atoms with Crippen molar-refractivity contribution in [3.05, 3.63) is 29.3 Å². The van der Waals surface area contributed by atoms with Crippen LogP contribution in [0.5, 0.6) is 5.75 Å². The molecule has 18 heavy (non-hydrogen) atoms. The van der Waals surface area contributed by atoms with Crippen molar-refractivity contribution >= 4 is 28.9 Å². The third-order valence-electron chi connectivity index (χ3n) is 2.71. The molecule has 6 heteroatoms. The highest BCUT2D eigenvalue weighted by atomic mass is 35.5. The Morgan fingerprint density at radius 1 is 1.56 bits per heavy atom. The van der Waals surface area contributed by atoms with Crippen LogP contribution in [0.3, 0.4) is 0 Å². The molecule has 2 atom stereocenters. The molecule has 1 aliphatic rings. The zero-order chi connectivity index (χ0) is 13.1. The van der Waals surface area contributed by atoms with Gasteiger partial charge in [0, 0.05) is 11.6 Å². The molecule has 1 aliphatic heterocycles. The average molecular weight is 284 g/mol. The van der Waals surface area contributed by atoms with E-state index in [0.29, 0.717) is 10.1 Å². The van der Waals surface area contributed by atoms with Gasteiger partial charge in [-0.3, -0.25) is 0 Å². The molecule has 0 saturated carbocycles. The molecule has 4 nitrogen and oxygen atoms in total. The molecule has 0 amide bonds. The van der Waals surface area contributed by atoms with Gasteiger partial charge in [0.05, 0.1) is 0 Å². The highest BCUT2D eigenvalue weighted by Gasteiger charge is 2.31. The molecule has 2 unspecified atom stereocenters. The van der Waals surface area contributed by atoms with Crippen LogP contribution in [0.2, 0.25) is 5.02 Å². The highest BCUT2D eigenvalue weighted by Crippen LogP contribution is 2.23. The Balaban J connectivity index is 2.06. The molecule has 1 heterocycles. The van der Waals surface area contributed by atoms with Crippen molar-refractivity contribution in [3.8, 4) is 5.75 Å². The Labute approximate surface area is 117 Å². The molecular weight excluding hydrogens is 270 g/mol. The Bertz CT molecular complexity index is 480. The number of hydrogen-bond acceptors (Lipinski definition) is 3. The van der Waals surface area contributed by atoms with Crippen LogP contribution in [0.25, 0.3) is 0 Å². The molecule has 0 N–H and O–H groups in total. The number of halogens is 1.